The molecule has 8 nitrogen and oxygen atoms in total. The minimum absolute atomic E-state index is 0.132. The molecule has 2 aliphatic rings. The molecule has 5 atom stereocenters. The molecule has 1 aromatic rings. The number of ether oxygens (including phenoxy) is 1. The Labute approximate surface area is 170 Å². The van der Waals surface area contributed by atoms with Crippen LogP contribution in [0, 0.1) is 5.92 Å². The highest BCUT2D eigenvalue weighted by atomic mass is 16.5. The van der Waals surface area contributed by atoms with Gasteiger partial charge in [-0.15, -0.1) is 0 Å². The van der Waals surface area contributed by atoms with Crippen LogP contribution < -0.4 is 10.5 Å². The number of hydrogen-bond donors (Lipinski definition) is 5. The summed E-state index contributed by atoms with van der Waals surface area (Å²) in [6.45, 7) is 2.37. The highest BCUT2D eigenvalue weighted by Crippen LogP contribution is 2.46. The smallest absolute Gasteiger partial charge is 0.335 e. The van der Waals surface area contributed by atoms with Gasteiger partial charge in [0, 0.05) is 11.5 Å². The predicted octanol–water partition coefficient (Wildman–Crippen LogP) is 1.29. The number of aliphatic hydroxyl groups excluding tert-OH is 2. The number of aliphatic carboxylic acids is 2. The van der Waals surface area contributed by atoms with Crippen LogP contribution in [-0.2, 0) is 21.4 Å². The molecule has 2 aliphatic carbocycles. The Bertz CT molecular complexity index is 720. The molecule has 1 saturated carbocycles. The zero-order valence-corrected chi connectivity index (χ0v) is 16.9. The lowest BCUT2D eigenvalue weighted by Crippen LogP contribution is -2.52. The number of hydrogen-bond acceptors (Lipinski definition) is 6. The topological polar surface area (TPSA) is 150 Å². The summed E-state index contributed by atoms with van der Waals surface area (Å²) in [5, 5.41) is 32.5. The number of rotatable bonds is 4. The lowest BCUT2D eigenvalue weighted by molar-refractivity contribution is -0.165. The minimum atomic E-state index is -2.27. The first kappa shape index (κ1) is 23.1. The third kappa shape index (κ3) is 5.07. The van der Waals surface area contributed by atoms with E-state index in [0.717, 1.165) is 12.2 Å². The van der Waals surface area contributed by atoms with E-state index in [1.807, 2.05) is 0 Å². The molecule has 0 spiro atoms. The molecule has 0 amide bonds. The molecule has 1 aromatic carbocycles. The van der Waals surface area contributed by atoms with Crippen LogP contribution in [0.15, 0.2) is 18.2 Å². The van der Waals surface area contributed by atoms with Gasteiger partial charge in [-0.3, -0.25) is 0 Å². The van der Waals surface area contributed by atoms with Gasteiger partial charge < -0.3 is 30.9 Å². The van der Waals surface area contributed by atoms with Crippen LogP contribution >= 0.6 is 0 Å². The largest absolute Gasteiger partial charge is 0.497 e. The molecule has 0 heterocycles. The van der Waals surface area contributed by atoms with Crippen LogP contribution in [0.1, 0.15) is 50.2 Å². The maximum Gasteiger partial charge on any atom is 0.335 e. The summed E-state index contributed by atoms with van der Waals surface area (Å²) < 4.78 is 5.41. The minimum Gasteiger partial charge on any atom is -0.497 e. The quantitative estimate of drug-likeness (QED) is 0.499. The molecule has 0 aromatic heterocycles. The molecular formula is C21H31NO7. The number of carboxylic acid groups (broad SMARTS) is 2. The normalized spacial score (nSPS) is 27.8. The maximum atomic E-state index is 9.77. The van der Waals surface area contributed by atoms with E-state index in [2.05, 4.69) is 25.1 Å². The zero-order valence-electron chi connectivity index (χ0n) is 16.9. The molecule has 6 N–H and O–H groups in total. The summed E-state index contributed by atoms with van der Waals surface area (Å²) in [5.41, 5.74) is 9.72. The van der Waals surface area contributed by atoms with E-state index >= 15 is 0 Å². The molecule has 29 heavy (non-hydrogen) atoms. The second kappa shape index (κ2) is 9.56. The van der Waals surface area contributed by atoms with E-state index in [1.54, 1.807) is 7.11 Å². The number of nitrogens with two attached hydrogens (primary N) is 1. The van der Waals surface area contributed by atoms with Crippen LogP contribution in [0.2, 0.25) is 0 Å². The molecular weight excluding hydrogens is 378 g/mol. The first-order valence-electron chi connectivity index (χ1n) is 9.86. The summed E-state index contributed by atoms with van der Waals surface area (Å²) >= 11 is 0. The number of carboxylic acids is 2. The van der Waals surface area contributed by atoms with Crippen molar-refractivity contribution in [3.05, 3.63) is 29.3 Å². The van der Waals surface area contributed by atoms with Gasteiger partial charge in [-0.1, -0.05) is 32.3 Å². The second-order valence-electron chi connectivity index (χ2n) is 8.10. The molecule has 0 saturated heterocycles. The monoisotopic (exact) mass is 409 g/mol. The van der Waals surface area contributed by atoms with Crippen molar-refractivity contribution >= 4 is 11.9 Å². The van der Waals surface area contributed by atoms with Gasteiger partial charge in [0.25, 0.3) is 0 Å². The highest BCUT2D eigenvalue weighted by Gasteiger charge is 2.43. The van der Waals surface area contributed by atoms with E-state index in [1.165, 1.54) is 43.2 Å². The number of methoxy groups -OCH3 is 1. The summed E-state index contributed by atoms with van der Waals surface area (Å²) in [7, 11) is 1.74. The van der Waals surface area contributed by atoms with E-state index < -0.39 is 24.1 Å². The lowest BCUT2D eigenvalue weighted by atomic mass is 9.60. The predicted molar refractivity (Wildman–Crippen MR) is 106 cm³/mol. The van der Waals surface area contributed by atoms with Crippen LogP contribution in [-0.4, -0.2) is 57.7 Å². The summed E-state index contributed by atoms with van der Waals surface area (Å²) in [4.78, 5) is 19.5. The van der Waals surface area contributed by atoms with Crippen molar-refractivity contribution in [3.8, 4) is 5.75 Å². The van der Waals surface area contributed by atoms with Gasteiger partial charge in [0.2, 0.25) is 0 Å². The molecule has 0 aliphatic heterocycles. The third-order valence-corrected chi connectivity index (χ3v) is 6.23. The fourth-order valence-corrected chi connectivity index (χ4v) is 4.43. The summed E-state index contributed by atoms with van der Waals surface area (Å²) in [6, 6.07) is 6.88. The van der Waals surface area contributed by atoms with Crippen LogP contribution in [0.4, 0.5) is 0 Å². The number of benzene rings is 1. The lowest BCUT2D eigenvalue weighted by Gasteiger charge is -2.47. The van der Waals surface area contributed by atoms with Crippen molar-refractivity contribution in [2.24, 2.45) is 11.7 Å². The van der Waals surface area contributed by atoms with Crippen molar-refractivity contribution in [2.75, 3.05) is 7.11 Å². The fraction of sp³-hybridized carbons (Fsp3) is 0.619. The van der Waals surface area contributed by atoms with Gasteiger partial charge in [-0.2, -0.15) is 0 Å². The third-order valence-electron chi connectivity index (χ3n) is 6.23. The van der Waals surface area contributed by atoms with Crippen molar-refractivity contribution < 1.29 is 34.8 Å². The maximum absolute atomic E-state index is 9.77. The number of aliphatic hydroxyl groups is 2. The van der Waals surface area contributed by atoms with E-state index in [-0.39, 0.29) is 5.41 Å². The van der Waals surface area contributed by atoms with Gasteiger partial charge in [0.05, 0.1) is 7.11 Å². The average molecular weight is 409 g/mol. The average Bonchev–Trinajstić information content (AvgIpc) is 2.70. The van der Waals surface area contributed by atoms with E-state index in [9.17, 15) is 9.59 Å². The van der Waals surface area contributed by atoms with Crippen LogP contribution in [0.25, 0.3) is 0 Å². The first-order chi connectivity index (χ1) is 13.6. The van der Waals surface area contributed by atoms with Gasteiger partial charge >= 0.3 is 11.9 Å². The van der Waals surface area contributed by atoms with E-state index in [4.69, 9.17) is 30.9 Å². The van der Waals surface area contributed by atoms with Gasteiger partial charge in [0.15, 0.2) is 12.2 Å². The van der Waals surface area contributed by atoms with Crippen LogP contribution in [0.5, 0.6) is 5.75 Å². The van der Waals surface area contributed by atoms with Crippen molar-refractivity contribution in [1.82, 2.24) is 0 Å². The molecule has 8 heteroatoms. The second-order valence-corrected chi connectivity index (χ2v) is 8.10. The van der Waals surface area contributed by atoms with E-state index in [0.29, 0.717) is 12.0 Å². The Hall–Kier alpha value is -2.16. The van der Waals surface area contributed by atoms with Gasteiger partial charge in [-0.05, 0) is 48.4 Å². The van der Waals surface area contributed by atoms with Crippen molar-refractivity contribution in [2.45, 2.75) is 69.1 Å². The Balaban J connectivity index is 0.000000257. The molecule has 2 bridgehead atoms. The standard InChI is InChI=1S/C17H25NO.C4H6O6/c1-17-9-5-3-4-6-13(16(17)18)10-12-7-8-14(19-2)11-15(12)17;5-1(3(7)8)2(6)4(9)10/h7-8,11,13,16H,3-6,9-10,18H2,1-2H3;1-2,5-6H,(H,7,8)(H,9,10)/t13-,16-,17+;1-,2-/m01/s1. The Kier molecular flexibility index (Phi) is 7.62. The zero-order chi connectivity index (χ0) is 21.8. The molecule has 0 unspecified atom stereocenters. The SMILES string of the molecule is COc1ccc2c(c1)[C@@]1(C)CCCCC[C@@H](C2)[C@@H]1N.O=C(O)[C@H](O)[C@@H](O)C(=O)O. The Morgan fingerprint density at radius 2 is 1.76 bits per heavy atom. The van der Waals surface area contributed by atoms with Crippen LogP contribution in [0.3, 0.4) is 0 Å². The van der Waals surface area contributed by atoms with Crippen molar-refractivity contribution in [3.63, 3.8) is 0 Å². The molecule has 162 valence electrons. The van der Waals surface area contributed by atoms with Crippen molar-refractivity contribution in [1.29, 1.82) is 0 Å². The number of fused-ring (bicyclic) bond motifs is 4. The molecule has 1 fully saturated rings. The van der Waals surface area contributed by atoms with Gasteiger partial charge in [0.1, 0.15) is 5.75 Å². The Morgan fingerprint density at radius 1 is 1.14 bits per heavy atom. The molecule has 0 radical (unpaired) electrons. The fourth-order valence-electron chi connectivity index (χ4n) is 4.43. The highest BCUT2D eigenvalue weighted by molar-refractivity contribution is 5.83. The number of carbonyl (C=O) groups is 2. The first-order valence-corrected chi connectivity index (χ1v) is 9.86. The van der Waals surface area contributed by atoms with Gasteiger partial charge in [-0.25, -0.2) is 9.59 Å². The summed E-state index contributed by atoms with van der Waals surface area (Å²) in [6.07, 6.45) is 3.13. The molecule has 3 rings (SSSR count). The summed E-state index contributed by atoms with van der Waals surface area (Å²) in [5.74, 6) is -1.91. The Morgan fingerprint density at radius 3 is 2.31 bits per heavy atom.